The van der Waals surface area contributed by atoms with Gasteiger partial charge >= 0.3 is 0 Å². The standard InChI is InChI=1S/C17H17NO2/c1-13(2)18(16-7-3-14(11-19)4-8-16)17-9-5-15(12-20)6-10-17/h3-13H,1-2H3. The second kappa shape index (κ2) is 6.15. The molecule has 0 unspecified atom stereocenters. The second-order valence-corrected chi connectivity index (χ2v) is 4.88. The summed E-state index contributed by atoms with van der Waals surface area (Å²) < 4.78 is 0. The molecule has 2 aromatic rings. The number of carbonyl (C=O) groups excluding carboxylic acids is 2. The molecule has 0 saturated carbocycles. The molecule has 0 saturated heterocycles. The molecule has 20 heavy (non-hydrogen) atoms. The van der Waals surface area contributed by atoms with Crippen LogP contribution in [0.1, 0.15) is 34.6 Å². The highest BCUT2D eigenvalue weighted by Crippen LogP contribution is 2.28. The van der Waals surface area contributed by atoms with E-state index in [0.717, 1.165) is 23.9 Å². The summed E-state index contributed by atoms with van der Waals surface area (Å²) in [4.78, 5) is 23.6. The van der Waals surface area contributed by atoms with Crippen LogP contribution in [-0.2, 0) is 0 Å². The van der Waals surface area contributed by atoms with E-state index in [-0.39, 0.29) is 6.04 Å². The number of rotatable bonds is 5. The molecule has 2 rings (SSSR count). The highest BCUT2D eigenvalue weighted by Gasteiger charge is 2.12. The molecule has 0 aliphatic rings. The van der Waals surface area contributed by atoms with Gasteiger partial charge in [-0.3, -0.25) is 9.59 Å². The zero-order valence-electron chi connectivity index (χ0n) is 11.6. The Kier molecular flexibility index (Phi) is 4.31. The van der Waals surface area contributed by atoms with Gasteiger partial charge in [-0.2, -0.15) is 0 Å². The van der Waals surface area contributed by atoms with Crippen LogP contribution < -0.4 is 4.90 Å². The third-order valence-corrected chi connectivity index (χ3v) is 3.13. The summed E-state index contributed by atoms with van der Waals surface area (Å²) >= 11 is 0. The Morgan fingerprint density at radius 1 is 0.750 bits per heavy atom. The Morgan fingerprint density at radius 3 is 1.35 bits per heavy atom. The van der Waals surface area contributed by atoms with Crippen molar-refractivity contribution < 1.29 is 9.59 Å². The second-order valence-electron chi connectivity index (χ2n) is 4.88. The van der Waals surface area contributed by atoms with Crippen molar-refractivity contribution in [2.24, 2.45) is 0 Å². The molecule has 0 amide bonds. The first-order chi connectivity index (χ1) is 9.65. The quantitative estimate of drug-likeness (QED) is 0.772. The fourth-order valence-corrected chi connectivity index (χ4v) is 2.17. The van der Waals surface area contributed by atoms with Gasteiger partial charge in [0.1, 0.15) is 12.6 Å². The molecule has 0 heterocycles. The number of carbonyl (C=O) groups is 2. The number of hydrogen-bond acceptors (Lipinski definition) is 3. The molecular formula is C17H17NO2. The first-order valence-corrected chi connectivity index (χ1v) is 6.55. The van der Waals surface area contributed by atoms with Gasteiger partial charge in [0.05, 0.1) is 0 Å². The maximum Gasteiger partial charge on any atom is 0.150 e. The third-order valence-electron chi connectivity index (χ3n) is 3.13. The van der Waals surface area contributed by atoms with E-state index < -0.39 is 0 Å². The van der Waals surface area contributed by atoms with E-state index in [9.17, 15) is 9.59 Å². The summed E-state index contributed by atoms with van der Waals surface area (Å²) in [6, 6.07) is 15.2. The molecule has 0 bridgehead atoms. The average molecular weight is 267 g/mol. The first-order valence-electron chi connectivity index (χ1n) is 6.55. The smallest absolute Gasteiger partial charge is 0.150 e. The van der Waals surface area contributed by atoms with Gasteiger partial charge in [-0.05, 0) is 62.4 Å². The van der Waals surface area contributed by atoms with E-state index in [1.165, 1.54) is 0 Å². The fourth-order valence-electron chi connectivity index (χ4n) is 2.17. The molecule has 0 aromatic heterocycles. The van der Waals surface area contributed by atoms with Crippen molar-refractivity contribution in [3.05, 3.63) is 59.7 Å². The largest absolute Gasteiger partial charge is 0.339 e. The average Bonchev–Trinajstić information content (AvgIpc) is 2.48. The Morgan fingerprint density at radius 2 is 1.10 bits per heavy atom. The van der Waals surface area contributed by atoms with Crippen molar-refractivity contribution >= 4 is 23.9 Å². The Hall–Kier alpha value is -2.42. The van der Waals surface area contributed by atoms with Gasteiger partial charge in [0.25, 0.3) is 0 Å². The Bertz CT molecular complexity index is 534. The van der Waals surface area contributed by atoms with E-state index in [4.69, 9.17) is 0 Å². The lowest BCUT2D eigenvalue weighted by Crippen LogP contribution is -2.25. The van der Waals surface area contributed by atoms with Gasteiger partial charge in [-0.1, -0.05) is 0 Å². The molecule has 102 valence electrons. The molecule has 3 heteroatoms. The summed E-state index contributed by atoms with van der Waals surface area (Å²) in [5.74, 6) is 0. The summed E-state index contributed by atoms with van der Waals surface area (Å²) in [5.41, 5.74) is 3.36. The number of nitrogens with zero attached hydrogens (tertiary/aromatic N) is 1. The molecule has 0 atom stereocenters. The maximum atomic E-state index is 10.7. The molecule has 3 nitrogen and oxygen atoms in total. The molecule has 0 spiro atoms. The molecule has 0 aliphatic carbocycles. The van der Waals surface area contributed by atoms with Crippen molar-refractivity contribution in [3.8, 4) is 0 Å². The molecule has 0 aliphatic heterocycles. The SMILES string of the molecule is CC(C)N(c1ccc(C=O)cc1)c1ccc(C=O)cc1. The van der Waals surface area contributed by atoms with Crippen LogP contribution in [0.4, 0.5) is 11.4 Å². The highest BCUT2D eigenvalue weighted by atomic mass is 16.1. The normalized spacial score (nSPS) is 10.3. The van der Waals surface area contributed by atoms with Gasteiger partial charge in [0.2, 0.25) is 0 Å². The van der Waals surface area contributed by atoms with Gasteiger partial charge in [-0.15, -0.1) is 0 Å². The number of benzene rings is 2. The van der Waals surface area contributed by atoms with Crippen LogP contribution in [0.3, 0.4) is 0 Å². The van der Waals surface area contributed by atoms with Crippen molar-refractivity contribution in [2.45, 2.75) is 19.9 Å². The highest BCUT2D eigenvalue weighted by molar-refractivity contribution is 5.78. The topological polar surface area (TPSA) is 37.4 Å². The van der Waals surface area contributed by atoms with Gasteiger partial charge in [0, 0.05) is 28.5 Å². The molecule has 0 fully saturated rings. The maximum absolute atomic E-state index is 10.7. The van der Waals surface area contributed by atoms with Crippen LogP contribution >= 0.6 is 0 Å². The summed E-state index contributed by atoms with van der Waals surface area (Å²) in [7, 11) is 0. The van der Waals surface area contributed by atoms with E-state index >= 15 is 0 Å². The van der Waals surface area contributed by atoms with E-state index in [1.54, 1.807) is 24.3 Å². The van der Waals surface area contributed by atoms with Gasteiger partial charge in [-0.25, -0.2) is 0 Å². The molecule has 2 aromatic carbocycles. The minimum Gasteiger partial charge on any atom is -0.339 e. The summed E-state index contributed by atoms with van der Waals surface area (Å²) in [6.45, 7) is 4.20. The van der Waals surface area contributed by atoms with Crippen LogP contribution in [0.2, 0.25) is 0 Å². The summed E-state index contributed by atoms with van der Waals surface area (Å²) in [5, 5.41) is 0. The zero-order chi connectivity index (χ0) is 14.5. The van der Waals surface area contributed by atoms with Crippen molar-refractivity contribution in [2.75, 3.05) is 4.90 Å². The number of hydrogen-bond donors (Lipinski definition) is 0. The van der Waals surface area contributed by atoms with Crippen LogP contribution in [0.25, 0.3) is 0 Å². The molecule has 0 radical (unpaired) electrons. The summed E-state index contributed by atoms with van der Waals surface area (Å²) in [6.07, 6.45) is 1.67. The minimum absolute atomic E-state index is 0.263. The molecular weight excluding hydrogens is 250 g/mol. The van der Waals surface area contributed by atoms with Crippen molar-refractivity contribution in [3.63, 3.8) is 0 Å². The van der Waals surface area contributed by atoms with E-state index in [1.807, 2.05) is 24.3 Å². The van der Waals surface area contributed by atoms with Crippen LogP contribution in [0.5, 0.6) is 0 Å². The van der Waals surface area contributed by atoms with Crippen LogP contribution in [0, 0.1) is 0 Å². The molecule has 0 N–H and O–H groups in total. The fraction of sp³-hybridized carbons (Fsp3) is 0.176. The minimum atomic E-state index is 0.263. The Balaban J connectivity index is 2.38. The lowest BCUT2D eigenvalue weighted by molar-refractivity contribution is 0.111. The third kappa shape index (κ3) is 2.94. The van der Waals surface area contributed by atoms with E-state index in [2.05, 4.69) is 18.7 Å². The first kappa shape index (κ1) is 14.0. The van der Waals surface area contributed by atoms with Crippen LogP contribution in [-0.4, -0.2) is 18.6 Å². The van der Waals surface area contributed by atoms with Crippen molar-refractivity contribution in [1.82, 2.24) is 0 Å². The zero-order valence-corrected chi connectivity index (χ0v) is 11.6. The monoisotopic (exact) mass is 267 g/mol. The van der Waals surface area contributed by atoms with Gasteiger partial charge in [0.15, 0.2) is 0 Å². The van der Waals surface area contributed by atoms with Crippen molar-refractivity contribution in [1.29, 1.82) is 0 Å². The van der Waals surface area contributed by atoms with Gasteiger partial charge < -0.3 is 4.90 Å². The Labute approximate surface area is 118 Å². The number of aldehydes is 2. The van der Waals surface area contributed by atoms with E-state index in [0.29, 0.717) is 11.1 Å². The lowest BCUT2D eigenvalue weighted by Gasteiger charge is -2.29. The number of anilines is 2. The lowest BCUT2D eigenvalue weighted by atomic mass is 10.1. The van der Waals surface area contributed by atoms with Crippen LogP contribution in [0.15, 0.2) is 48.5 Å². The predicted molar refractivity (Wildman–Crippen MR) is 80.9 cm³/mol. The predicted octanol–water partition coefficient (Wildman–Crippen LogP) is 3.86.